The minimum absolute atomic E-state index is 0.00449. The van der Waals surface area contributed by atoms with Crippen LogP contribution in [0.1, 0.15) is 11.1 Å². The molecule has 0 aliphatic carbocycles. The molecule has 1 rings (SSSR count). The first kappa shape index (κ1) is 12.6. The molecular formula is C11H13N3OS. The van der Waals surface area contributed by atoms with E-state index in [1.807, 2.05) is 37.6 Å². The van der Waals surface area contributed by atoms with Crippen LogP contribution in [0.5, 0.6) is 0 Å². The highest BCUT2D eigenvalue weighted by atomic mass is 32.2. The summed E-state index contributed by atoms with van der Waals surface area (Å²) in [6.45, 7) is 1.89. The molecule has 0 aliphatic rings. The number of hydrogen-bond donors (Lipinski definition) is 2. The maximum Gasteiger partial charge on any atom is 0.183 e. The molecule has 1 aromatic rings. The van der Waals surface area contributed by atoms with Gasteiger partial charge in [-0.25, -0.2) is 4.99 Å². The maximum absolute atomic E-state index is 9.12. The van der Waals surface area contributed by atoms with E-state index in [4.69, 9.17) is 10.4 Å². The van der Waals surface area contributed by atoms with Crippen LogP contribution in [0.3, 0.4) is 0 Å². The van der Waals surface area contributed by atoms with Crippen molar-refractivity contribution in [1.29, 1.82) is 5.26 Å². The van der Waals surface area contributed by atoms with Crippen molar-refractivity contribution in [2.45, 2.75) is 13.5 Å². The maximum atomic E-state index is 9.12. The van der Waals surface area contributed by atoms with Crippen LogP contribution in [0, 0.1) is 18.4 Å². The number of nitriles is 1. The Kier molecular flexibility index (Phi) is 4.83. The second kappa shape index (κ2) is 6.16. The standard InChI is InChI=1S/C11H13N3OS/c1-8-9(6-15)4-3-5-10(8)14-11(16-2)13-7-12/h3-5,15H,6H2,1-2H3,(H,13,14). The number of thioether (sulfide) groups is 1. The normalized spacial score (nSPS) is 11.0. The zero-order valence-corrected chi connectivity index (χ0v) is 10.0. The molecule has 84 valence electrons. The molecule has 0 amide bonds. The summed E-state index contributed by atoms with van der Waals surface area (Å²) in [5.41, 5.74) is 2.54. The molecule has 5 heteroatoms. The molecule has 0 heterocycles. The fourth-order valence-corrected chi connectivity index (χ4v) is 1.58. The molecule has 4 nitrogen and oxygen atoms in total. The van der Waals surface area contributed by atoms with Crippen LogP contribution >= 0.6 is 11.8 Å². The molecule has 16 heavy (non-hydrogen) atoms. The first-order valence-corrected chi connectivity index (χ1v) is 5.92. The third kappa shape index (κ3) is 2.99. The average molecular weight is 235 g/mol. The van der Waals surface area contributed by atoms with Gasteiger partial charge < -0.3 is 5.11 Å². The first-order chi connectivity index (χ1) is 7.72. The highest BCUT2D eigenvalue weighted by Crippen LogP contribution is 2.22. The number of aliphatic hydroxyl groups excluding tert-OH is 1. The summed E-state index contributed by atoms with van der Waals surface area (Å²) in [7, 11) is 0. The van der Waals surface area contributed by atoms with E-state index in [9.17, 15) is 0 Å². The molecule has 0 aliphatic heterocycles. The Bertz CT molecular complexity index is 437. The van der Waals surface area contributed by atoms with Crippen LogP contribution in [-0.4, -0.2) is 16.5 Å². The van der Waals surface area contributed by atoms with Gasteiger partial charge in [0.05, 0.1) is 12.3 Å². The van der Waals surface area contributed by atoms with Gasteiger partial charge in [0.1, 0.15) is 0 Å². The van der Waals surface area contributed by atoms with Crippen molar-refractivity contribution in [3.63, 3.8) is 0 Å². The number of amidine groups is 1. The molecule has 0 unspecified atom stereocenters. The molecule has 0 bridgehead atoms. The Morgan fingerprint density at radius 2 is 2.38 bits per heavy atom. The van der Waals surface area contributed by atoms with Crippen molar-refractivity contribution in [1.82, 2.24) is 5.32 Å². The molecule has 0 saturated carbocycles. The van der Waals surface area contributed by atoms with E-state index in [0.29, 0.717) is 5.17 Å². The number of benzene rings is 1. The smallest absolute Gasteiger partial charge is 0.183 e. The SMILES string of the molecule is CSC(=Nc1cccc(CO)c1C)NC#N. The lowest BCUT2D eigenvalue weighted by atomic mass is 10.1. The van der Waals surface area contributed by atoms with Crippen LogP contribution in [0.4, 0.5) is 5.69 Å². The van der Waals surface area contributed by atoms with Crippen molar-refractivity contribution >= 4 is 22.6 Å². The summed E-state index contributed by atoms with van der Waals surface area (Å²) in [6, 6.07) is 5.54. The molecule has 0 atom stereocenters. The second-order valence-corrected chi connectivity index (χ2v) is 3.87. The van der Waals surface area contributed by atoms with Gasteiger partial charge in [-0.3, -0.25) is 5.32 Å². The van der Waals surface area contributed by atoms with Crippen molar-refractivity contribution in [2.75, 3.05) is 6.26 Å². The van der Waals surface area contributed by atoms with Gasteiger partial charge in [0.15, 0.2) is 11.4 Å². The molecule has 0 saturated heterocycles. The third-order valence-electron chi connectivity index (χ3n) is 2.17. The van der Waals surface area contributed by atoms with E-state index in [-0.39, 0.29) is 6.61 Å². The number of nitrogens with one attached hydrogen (secondary N) is 1. The minimum Gasteiger partial charge on any atom is -0.392 e. The summed E-state index contributed by atoms with van der Waals surface area (Å²) in [5, 5.41) is 20.7. The van der Waals surface area contributed by atoms with Gasteiger partial charge >= 0.3 is 0 Å². The average Bonchev–Trinajstić information content (AvgIpc) is 2.31. The Morgan fingerprint density at radius 3 is 2.94 bits per heavy atom. The number of aliphatic imine (C=N–C) groups is 1. The van der Waals surface area contributed by atoms with Gasteiger partial charge in [0.2, 0.25) is 0 Å². The van der Waals surface area contributed by atoms with Crippen LogP contribution in [0.15, 0.2) is 23.2 Å². The van der Waals surface area contributed by atoms with Crippen LogP contribution < -0.4 is 5.32 Å². The topological polar surface area (TPSA) is 68.4 Å². The zero-order valence-electron chi connectivity index (χ0n) is 9.19. The fourth-order valence-electron chi connectivity index (χ4n) is 1.24. The van der Waals surface area contributed by atoms with Crippen molar-refractivity contribution < 1.29 is 5.11 Å². The fraction of sp³-hybridized carbons (Fsp3) is 0.273. The number of aliphatic hydroxyl groups is 1. The number of rotatable bonds is 2. The van der Waals surface area contributed by atoms with Crippen molar-refractivity contribution in [3.8, 4) is 6.19 Å². The molecule has 0 radical (unpaired) electrons. The molecule has 1 aromatic carbocycles. The lowest BCUT2D eigenvalue weighted by Crippen LogP contribution is -2.12. The number of hydrogen-bond acceptors (Lipinski definition) is 4. The highest BCUT2D eigenvalue weighted by Gasteiger charge is 2.03. The molecule has 0 fully saturated rings. The predicted octanol–water partition coefficient (Wildman–Crippen LogP) is 1.91. The lowest BCUT2D eigenvalue weighted by molar-refractivity contribution is 0.281. The van der Waals surface area contributed by atoms with E-state index in [0.717, 1.165) is 16.8 Å². The van der Waals surface area contributed by atoms with Crippen LogP contribution in [-0.2, 0) is 6.61 Å². The zero-order chi connectivity index (χ0) is 12.0. The Balaban J connectivity index is 3.09. The Hall–Kier alpha value is -1.51. The second-order valence-electron chi connectivity index (χ2n) is 3.08. The van der Waals surface area contributed by atoms with Crippen molar-refractivity contribution in [3.05, 3.63) is 29.3 Å². The van der Waals surface area contributed by atoms with Gasteiger partial charge in [-0.2, -0.15) is 5.26 Å². The van der Waals surface area contributed by atoms with Gasteiger partial charge in [0, 0.05) is 0 Å². The monoisotopic (exact) mass is 235 g/mol. The summed E-state index contributed by atoms with van der Waals surface area (Å²) in [5.74, 6) is 0. The quantitative estimate of drug-likeness (QED) is 0.355. The summed E-state index contributed by atoms with van der Waals surface area (Å²) < 4.78 is 0. The van der Waals surface area contributed by atoms with Gasteiger partial charge in [-0.1, -0.05) is 23.9 Å². The van der Waals surface area contributed by atoms with E-state index in [1.54, 1.807) is 0 Å². The largest absolute Gasteiger partial charge is 0.392 e. The Labute approximate surface area is 99.0 Å². The van der Waals surface area contributed by atoms with Gasteiger partial charge in [-0.05, 0) is 30.4 Å². The van der Waals surface area contributed by atoms with E-state index < -0.39 is 0 Å². The molecule has 2 N–H and O–H groups in total. The molecular weight excluding hydrogens is 222 g/mol. The van der Waals surface area contributed by atoms with E-state index in [1.165, 1.54) is 11.8 Å². The van der Waals surface area contributed by atoms with E-state index >= 15 is 0 Å². The molecule has 0 spiro atoms. The molecule has 0 aromatic heterocycles. The van der Waals surface area contributed by atoms with Gasteiger partial charge in [-0.15, -0.1) is 0 Å². The van der Waals surface area contributed by atoms with E-state index in [2.05, 4.69) is 10.3 Å². The third-order valence-corrected chi connectivity index (χ3v) is 2.75. The summed E-state index contributed by atoms with van der Waals surface area (Å²) in [6.07, 6.45) is 3.68. The van der Waals surface area contributed by atoms with Gasteiger partial charge in [0.25, 0.3) is 0 Å². The lowest BCUT2D eigenvalue weighted by Gasteiger charge is -2.06. The minimum atomic E-state index is -0.00449. The summed E-state index contributed by atoms with van der Waals surface area (Å²) >= 11 is 1.37. The summed E-state index contributed by atoms with van der Waals surface area (Å²) in [4.78, 5) is 4.31. The Morgan fingerprint density at radius 1 is 1.62 bits per heavy atom. The highest BCUT2D eigenvalue weighted by molar-refractivity contribution is 8.13. The predicted molar refractivity (Wildman–Crippen MR) is 66.5 cm³/mol. The van der Waals surface area contributed by atoms with Crippen LogP contribution in [0.2, 0.25) is 0 Å². The van der Waals surface area contributed by atoms with Crippen molar-refractivity contribution in [2.24, 2.45) is 4.99 Å². The first-order valence-electron chi connectivity index (χ1n) is 4.70. The van der Waals surface area contributed by atoms with Crippen LogP contribution in [0.25, 0.3) is 0 Å². The number of nitrogens with zero attached hydrogens (tertiary/aromatic N) is 2.